The van der Waals surface area contributed by atoms with Gasteiger partial charge in [-0.15, -0.1) is 12.8 Å². The summed E-state index contributed by atoms with van der Waals surface area (Å²) in [5, 5.41) is 0. The zero-order chi connectivity index (χ0) is 9.78. The first-order valence-corrected chi connectivity index (χ1v) is 11.0. The van der Waals surface area contributed by atoms with Crippen LogP contribution in [-0.2, 0) is 16.5 Å². The Morgan fingerprint density at radius 1 is 0.923 bits per heavy atom. The van der Waals surface area contributed by atoms with Crippen molar-refractivity contribution in [1.29, 1.82) is 0 Å². The third kappa shape index (κ3) is 12.2. The van der Waals surface area contributed by atoms with Crippen molar-refractivity contribution < 1.29 is 16.5 Å². The molecule has 0 spiro atoms. The van der Waals surface area contributed by atoms with Gasteiger partial charge in [0, 0.05) is 0 Å². The van der Waals surface area contributed by atoms with Gasteiger partial charge in [0.05, 0.1) is 0 Å². The van der Waals surface area contributed by atoms with Gasteiger partial charge in [0.15, 0.2) is 0 Å². The molecular formula is C10H10Cl2W-2. The molecule has 0 aromatic rings. The minimum atomic E-state index is -0.806. The average Bonchev–Trinajstić information content (AvgIpc) is 2.85. The Bertz CT molecular complexity index is 163. The van der Waals surface area contributed by atoms with Gasteiger partial charge < -0.3 is 0 Å². The summed E-state index contributed by atoms with van der Waals surface area (Å²) in [6.45, 7) is 0. The van der Waals surface area contributed by atoms with Crippen molar-refractivity contribution in [3.63, 3.8) is 0 Å². The van der Waals surface area contributed by atoms with E-state index in [0.29, 0.717) is 0 Å². The third-order valence-electron chi connectivity index (χ3n) is 1.17. The van der Waals surface area contributed by atoms with Crippen LogP contribution >= 0.6 is 18.8 Å². The molecule has 72 valence electrons. The van der Waals surface area contributed by atoms with Gasteiger partial charge in [0.25, 0.3) is 0 Å². The van der Waals surface area contributed by atoms with Gasteiger partial charge in [0.1, 0.15) is 0 Å². The Kier molecular flexibility index (Phi) is 12.4. The fourth-order valence-electron chi connectivity index (χ4n) is 0.680. The van der Waals surface area contributed by atoms with E-state index in [0.717, 1.165) is 12.8 Å². The second-order valence-electron chi connectivity index (χ2n) is 2.06. The number of allylic oxidation sites excluding steroid dienone is 8. The molecule has 0 bridgehead atoms. The van der Waals surface area contributed by atoms with Gasteiger partial charge in [-0.1, -0.05) is 0 Å². The molecule has 3 heteroatoms. The van der Waals surface area contributed by atoms with E-state index in [4.69, 9.17) is 18.8 Å². The van der Waals surface area contributed by atoms with Crippen molar-refractivity contribution in [1.82, 2.24) is 0 Å². The molecule has 2 rings (SSSR count). The predicted octanol–water partition coefficient (Wildman–Crippen LogP) is 3.99. The maximum atomic E-state index is 4.93. The zero-order valence-electron chi connectivity index (χ0n) is 7.04. The van der Waals surface area contributed by atoms with Crippen LogP contribution in [-0.4, -0.2) is 0 Å². The molecule has 0 nitrogen and oxygen atoms in total. The summed E-state index contributed by atoms with van der Waals surface area (Å²) in [7, 11) is 9.86. The van der Waals surface area contributed by atoms with E-state index in [9.17, 15) is 0 Å². The van der Waals surface area contributed by atoms with Gasteiger partial charge in [-0.05, 0) is 0 Å². The van der Waals surface area contributed by atoms with E-state index in [1.54, 1.807) is 0 Å². The molecule has 0 aromatic carbocycles. The Morgan fingerprint density at radius 3 is 1.38 bits per heavy atom. The maximum absolute atomic E-state index is 4.93. The van der Waals surface area contributed by atoms with Gasteiger partial charge in [-0.25, -0.2) is 24.3 Å². The fraction of sp³-hybridized carbons (Fsp3) is 0.200. The monoisotopic (exact) mass is 384 g/mol. The minimum absolute atomic E-state index is 0.806. The molecule has 2 aliphatic rings. The predicted molar refractivity (Wildman–Crippen MR) is 54.8 cm³/mol. The molecule has 2 aliphatic carbocycles. The van der Waals surface area contributed by atoms with Crippen LogP contribution in [0.15, 0.2) is 36.5 Å². The molecule has 0 N–H and O–H groups in total. The molecule has 0 unspecified atom stereocenters. The topological polar surface area (TPSA) is 0 Å². The standard InChI is InChI=1S/2C5H5.2ClH.W/c2*1-2-4-5-3-1;;;/h2*1-3H,4H2;2*1H;/q2*-1;;;+2/p-2. The molecule has 0 aromatic heterocycles. The SMILES string of the molecule is [C-]1=CC=CC1.[C-]1=CC=CC1.[Cl][W][Cl]. The van der Waals surface area contributed by atoms with Crippen molar-refractivity contribution >= 4 is 18.8 Å². The van der Waals surface area contributed by atoms with Crippen molar-refractivity contribution in [3.05, 3.63) is 48.6 Å². The fourth-order valence-corrected chi connectivity index (χ4v) is 0.680. The number of hydrogen-bond acceptors (Lipinski definition) is 0. The van der Waals surface area contributed by atoms with Crippen LogP contribution in [0.25, 0.3) is 0 Å². The Hall–Kier alpha value is 0.228. The molecule has 13 heavy (non-hydrogen) atoms. The van der Waals surface area contributed by atoms with Crippen LogP contribution in [0.3, 0.4) is 0 Å². The quantitative estimate of drug-likeness (QED) is 0.554. The van der Waals surface area contributed by atoms with Gasteiger partial charge in [0.2, 0.25) is 0 Å². The zero-order valence-corrected chi connectivity index (χ0v) is 11.5. The summed E-state index contributed by atoms with van der Waals surface area (Å²) >= 11 is -0.806. The molecule has 0 saturated carbocycles. The van der Waals surface area contributed by atoms with Crippen molar-refractivity contribution in [2.75, 3.05) is 0 Å². The van der Waals surface area contributed by atoms with E-state index in [1.807, 2.05) is 24.3 Å². The number of rotatable bonds is 0. The summed E-state index contributed by atoms with van der Waals surface area (Å²) in [4.78, 5) is 0. The first-order valence-electron chi connectivity index (χ1n) is 3.74. The average molecular weight is 385 g/mol. The van der Waals surface area contributed by atoms with Gasteiger partial charge in [-0.3, -0.25) is 12.2 Å². The molecule has 0 heterocycles. The van der Waals surface area contributed by atoms with Gasteiger partial charge >= 0.3 is 35.3 Å². The molecule has 0 amide bonds. The van der Waals surface area contributed by atoms with Crippen LogP contribution in [0.1, 0.15) is 12.8 Å². The number of halogens is 2. The van der Waals surface area contributed by atoms with E-state index >= 15 is 0 Å². The van der Waals surface area contributed by atoms with Crippen LogP contribution in [0.4, 0.5) is 0 Å². The molecule has 0 atom stereocenters. The summed E-state index contributed by atoms with van der Waals surface area (Å²) in [5.41, 5.74) is 0. The molecule has 0 aliphatic heterocycles. The normalized spacial score (nSPS) is 14.9. The van der Waals surface area contributed by atoms with E-state index in [1.165, 1.54) is 0 Å². The summed E-state index contributed by atoms with van der Waals surface area (Å²) in [5.74, 6) is 0. The molecule has 0 fully saturated rings. The van der Waals surface area contributed by atoms with Crippen molar-refractivity contribution in [2.45, 2.75) is 12.8 Å². The van der Waals surface area contributed by atoms with Crippen LogP contribution in [0.5, 0.6) is 0 Å². The van der Waals surface area contributed by atoms with Crippen LogP contribution in [0.2, 0.25) is 0 Å². The first-order chi connectivity index (χ1) is 6.41. The van der Waals surface area contributed by atoms with E-state index < -0.39 is 16.5 Å². The Labute approximate surface area is 96.4 Å². The summed E-state index contributed by atoms with van der Waals surface area (Å²) in [6.07, 6.45) is 20.0. The third-order valence-corrected chi connectivity index (χ3v) is 1.17. The van der Waals surface area contributed by atoms with E-state index in [-0.39, 0.29) is 0 Å². The van der Waals surface area contributed by atoms with Gasteiger partial charge in [-0.2, -0.15) is 12.2 Å². The Balaban J connectivity index is 0.000000174. The first kappa shape index (κ1) is 13.2. The second-order valence-corrected chi connectivity index (χ2v) is 6.30. The van der Waals surface area contributed by atoms with Crippen LogP contribution < -0.4 is 0 Å². The van der Waals surface area contributed by atoms with E-state index in [2.05, 4.69) is 24.3 Å². The van der Waals surface area contributed by atoms with Crippen molar-refractivity contribution in [2.24, 2.45) is 0 Å². The molecular weight excluding hydrogens is 375 g/mol. The van der Waals surface area contributed by atoms with Crippen LogP contribution in [0, 0.1) is 12.2 Å². The summed E-state index contributed by atoms with van der Waals surface area (Å²) < 4.78 is 0. The second kappa shape index (κ2) is 12.2. The summed E-state index contributed by atoms with van der Waals surface area (Å²) in [6, 6.07) is 0. The van der Waals surface area contributed by atoms with Crippen molar-refractivity contribution in [3.8, 4) is 0 Å². The number of hydrogen-bond donors (Lipinski definition) is 0. The Morgan fingerprint density at radius 2 is 1.31 bits per heavy atom. The molecule has 0 saturated heterocycles. The molecule has 0 radical (unpaired) electrons.